The lowest BCUT2D eigenvalue weighted by atomic mass is 9.99. The minimum atomic E-state index is -1.08. The average molecular weight is 359 g/mol. The van der Waals surface area contributed by atoms with Crippen LogP contribution in [0.4, 0.5) is 5.69 Å². The van der Waals surface area contributed by atoms with Crippen LogP contribution in [0.5, 0.6) is 0 Å². The number of benzene rings is 1. The first-order valence-corrected chi connectivity index (χ1v) is 8.76. The van der Waals surface area contributed by atoms with Gasteiger partial charge in [-0.2, -0.15) is 0 Å². The zero-order valence-corrected chi connectivity index (χ0v) is 14.2. The molecule has 1 aliphatic rings. The SMILES string of the molecule is O=C(COC(=O)c1cc2c(s1)CCCC2)Nc1cccc(C(=O)O)c1. The first-order valence-electron chi connectivity index (χ1n) is 7.95. The number of carbonyl (C=O) groups is 3. The van der Waals surface area contributed by atoms with E-state index in [1.165, 1.54) is 40.0 Å². The topological polar surface area (TPSA) is 92.7 Å². The molecule has 1 amide bonds. The van der Waals surface area contributed by atoms with Crippen LogP contribution in [-0.2, 0) is 22.4 Å². The number of aromatic carboxylic acids is 1. The van der Waals surface area contributed by atoms with Crippen molar-refractivity contribution in [2.45, 2.75) is 25.7 Å². The van der Waals surface area contributed by atoms with E-state index in [9.17, 15) is 14.4 Å². The number of esters is 1. The molecule has 0 saturated heterocycles. The van der Waals surface area contributed by atoms with Gasteiger partial charge in [0.05, 0.1) is 5.56 Å². The number of carboxylic acid groups (broad SMARTS) is 1. The van der Waals surface area contributed by atoms with E-state index in [-0.39, 0.29) is 5.56 Å². The maximum atomic E-state index is 12.1. The van der Waals surface area contributed by atoms with Gasteiger partial charge in [0, 0.05) is 10.6 Å². The monoisotopic (exact) mass is 359 g/mol. The Morgan fingerprint density at radius 3 is 2.72 bits per heavy atom. The zero-order chi connectivity index (χ0) is 17.8. The lowest BCUT2D eigenvalue weighted by Gasteiger charge is -2.08. The summed E-state index contributed by atoms with van der Waals surface area (Å²) >= 11 is 1.43. The largest absolute Gasteiger partial charge is 0.478 e. The second-order valence-electron chi connectivity index (χ2n) is 5.78. The molecule has 0 unspecified atom stereocenters. The minimum Gasteiger partial charge on any atom is -0.478 e. The van der Waals surface area contributed by atoms with Crippen LogP contribution in [0.15, 0.2) is 30.3 Å². The van der Waals surface area contributed by atoms with Crippen LogP contribution in [0.3, 0.4) is 0 Å². The normalized spacial score (nSPS) is 13.0. The highest BCUT2D eigenvalue weighted by molar-refractivity contribution is 7.14. The third-order valence-corrected chi connectivity index (χ3v) is 5.14. The molecule has 0 bridgehead atoms. The number of aryl methyl sites for hydroxylation is 2. The highest BCUT2D eigenvalue weighted by atomic mass is 32.1. The molecule has 1 aliphatic carbocycles. The fraction of sp³-hybridized carbons (Fsp3) is 0.278. The van der Waals surface area contributed by atoms with Crippen molar-refractivity contribution in [1.82, 2.24) is 0 Å². The fourth-order valence-corrected chi connectivity index (χ4v) is 3.87. The van der Waals surface area contributed by atoms with Crippen molar-refractivity contribution in [2.24, 2.45) is 0 Å². The van der Waals surface area contributed by atoms with E-state index in [1.54, 1.807) is 6.07 Å². The van der Waals surface area contributed by atoms with Crippen LogP contribution in [0.1, 0.15) is 43.3 Å². The number of thiophene rings is 1. The number of ether oxygens (including phenoxy) is 1. The van der Waals surface area contributed by atoms with E-state index in [4.69, 9.17) is 9.84 Å². The maximum absolute atomic E-state index is 12.1. The first kappa shape index (κ1) is 17.2. The molecule has 7 heteroatoms. The van der Waals surface area contributed by atoms with Crippen LogP contribution in [0, 0.1) is 0 Å². The molecule has 6 nitrogen and oxygen atoms in total. The summed E-state index contributed by atoms with van der Waals surface area (Å²) in [6.45, 7) is -0.418. The third kappa shape index (κ3) is 4.24. The summed E-state index contributed by atoms with van der Waals surface area (Å²) in [7, 11) is 0. The molecule has 1 heterocycles. The summed E-state index contributed by atoms with van der Waals surface area (Å²) < 4.78 is 5.06. The van der Waals surface area contributed by atoms with Crippen molar-refractivity contribution >= 4 is 34.9 Å². The highest BCUT2D eigenvalue weighted by Crippen LogP contribution is 2.30. The molecular weight excluding hydrogens is 342 g/mol. The van der Waals surface area contributed by atoms with E-state index in [0.717, 1.165) is 25.7 Å². The Morgan fingerprint density at radius 1 is 1.16 bits per heavy atom. The van der Waals surface area contributed by atoms with Crippen LogP contribution >= 0.6 is 11.3 Å². The lowest BCUT2D eigenvalue weighted by Crippen LogP contribution is -2.20. The molecule has 3 rings (SSSR count). The standard InChI is InChI=1S/C18H17NO5S/c20-16(19-13-6-3-5-12(8-13)17(21)22)10-24-18(23)15-9-11-4-1-2-7-14(11)25-15/h3,5-6,8-9H,1-2,4,7,10H2,(H,19,20)(H,21,22). The summed E-state index contributed by atoms with van der Waals surface area (Å²) in [5.74, 6) is -2.10. The average Bonchev–Trinajstić information content (AvgIpc) is 3.04. The van der Waals surface area contributed by atoms with Gasteiger partial charge in [-0.25, -0.2) is 9.59 Å². The molecule has 0 aliphatic heterocycles. The summed E-state index contributed by atoms with van der Waals surface area (Å²) in [4.78, 5) is 36.6. The number of rotatable bonds is 5. The number of anilines is 1. The third-order valence-electron chi connectivity index (χ3n) is 3.93. The number of nitrogens with one attached hydrogen (secondary N) is 1. The Hall–Kier alpha value is -2.67. The van der Waals surface area contributed by atoms with Crippen LogP contribution in [0.2, 0.25) is 0 Å². The van der Waals surface area contributed by atoms with Crippen molar-refractivity contribution < 1.29 is 24.2 Å². The summed E-state index contributed by atoms with van der Waals surface area (Å²) in [6.07, 6.45) is 4.25. The molecule has 2 aromatic rings. The maximum Gasteiger partial charge on any atom is 0.348 e. The van der Waals surface area contributed by atoms with Crippen LogP contribution in [-0.4, -0.2) is 29.6 Å². The smallest absolute Gasteiger partial charge is 0.348 e. The van der Waals surface area contributed by atoms with Gasteiger partial charge in [0.25, 0.3) is 5.91 Å². The van der Waals surface area contributed by atoms with Crippen molar-refractivity contribution in [3.05, 3.63) is 51.2 Å². The quantitative estimate of drug-likeness (QED) is 0.800. The van der Waals surface area contributed by atoms with Crippen molar-refractivity contribution in [1.29, 1.82) is 0 Å². The number of carbonyl (C=O) groups excluding carboxylic acids is 2. The minimum absolute atomic E-state index is 0.0685. The van der Waals surface area contributed by atoms with Crippen molar-refractivity contribution in [3.63, 3.8) is 0 Å². The Kier molecular flexibility index (Phi) is 5.14. The first-order chi connectivity index (χ1) is 12.0. The van der Waals surface area contributed by atoms with Gasteiger partial charge in [0.1, 0.15) is 4.88 Å². The van der Waals surface area contributed by atoms with Crippen molar-refractivity contribution in [3.8, 4) is 0 Å². The summed E-state index contributed by atoms with van der Waals surface area (Å²) in [5, 5.41) is 11.5. The van der Waals surface area contributed by atoms with Gasteiger partial charge < -0.3 is 15.2 Å². The molecule has 0 fully saturated rings. The molecule has 0 spiro atoms. The Labute approximate surface area is 148 Å². The number of fused-ring (bicyclic) bond motifs is 1. The molecule has 25 heavy (non-hydrogen) atoms. The molecule has 130 valence electrons. The Morgan fingerprint density at radius 2 is 1.96 bits per heavy atom. The van der Waals surface area contributed by atoms with Crippen LogP contribution < -0.4 is 5.32 Å². The van der Waals surface area contributed by atoms with Crippen molar-refractivity contribution in [2.75, 3.05) is 11.9 Å². The van der Waals surface area contributed by atoms with E-state index < -0.39 is 24.5 Å². The van der Waals surface area contributed by atoms with Gasteiger partial charge in [0.15, 0.2) is 6.61 Å². The highest BCUT2D eigenvalue weighted by Gasteiger charge is 2.19. The molecule has 1 aromatic carbocycles. The molecule has 1 aromatic heterocycles. The van der Waals surface area contributed by atoms with E-state index >= 15 is 0 Å². The number of hydrogen-bond donors (Lipinski definition) is 2. The van der Waals surface area contributed by atoms with Gasteiger partial charge in [-0.05, 0) is 55.5 Å². The second kappa shape index (κ2) is 7.48. The number of amides is 1. The van der Waals surface area contributed by atoms with Crippen LogP contribution in [0.25, 0.3) is 0 Å². The predicted octanol–water partition coefficient (Wildman–Crippen LogP) is 3.12. The lowest BCUT2D eigenvalue weighted by molar-refractivity contribution is -0.119. The summed E-state index contributed by atoms with van der Waals surface area (Å²) in [6, 6.07) is 7.72. The van der Waals surface area contributed by atoms with Gasteiger partial charge in [0.2, 0.25) is 0 Å². The van der Waals surface area contributed by atoms with Gasteiger partial charge in [-0.15, -0.1) is 11.3 Å². The van der Waals surface area contributed by atoms with E-state index in [0.29, 0.717) is 10.6 Å². The second-order valence-corrected chi connectivity index (χ2v) is 6.91. The molecule has 0 saturated carbocycles. The number of carboxylic acids is 1. The molecule has 2 N–H and O–H groups in total. The fourth-order valence-electron chi connectivity index (χ4n) is 2.72. The zero-order valence-electron chi connectivity index (χ0n) is 13.4. The van der Waals surface area contributed by atoms with Gasteiger partial charge in [-0.1, -0.05) is 6.07 Å². The van der Waals surface area contributed by atoms with Gasteiger partial charge >= 0.3 is 11.9 Å². The predicted molar refractivity (Wildman–Crippen MR) is 93.3 cm³/mol. The molecular formula is C18H17NO5S. The van der Waals surface area contributed by atoms with E-state index in [1.807, 2.05) is 6.07 Å². The number of hydrogen-bond acceptors (Lipinski definition) is 5. The Bertz CT molecular complexity index is 803. The molecule has 0 radical (unpaired) electrons. The van der Waals surface area contributed by atoms with Gasteiger partial charge in [-0.3, -0.25) is 4.79 Å². The Balaban J connectivity index is 1.55. The summed E-state index contributed by atoms with van der Waals surface area (Å²) in [5.41, 5.74) is 1.62. The van der Waals surface area contributed by atoms with E-state index in [2.05, 4.69) is 5.32 Å². The molecule has 0 atom stereocenters.